The molecule has 2 aromatic carbocycles. The predicted octanol–water partition coefficient (Wildman–Crippen LogP) is 1.58. The summed E-state index contributed by atoms with van der Waals surface area (Å²) in [7, 11) is -2.58. The van der Waals surface area contributed by atoms with Crippen LogP contribution in [0.4, 0.5) is 5.69 Å². The van der Waals surface area contributed by atoms with E-state index in [1.807, 2.05) is 0 Å². The molecule has 0 atom stereocenters. The zero-order chi connectivity index (χ0) is 17.7. The van der Waals surface area contributed by atoms with Gasteiger partial charge >= 0.3 is 5.97 Å². The number of hydrogen-bond acceptors (Lipinski definition) is 5. The van der Waals surface area contributed by atoms with Crippen molar-refractivity contribution in [3.8, 4) is 5.75 Å². The molecule has 2 N–H and O–H groups in total. The number of sulfonamides is 1. The SMILES string of the molecule is COc1ccc(S(=O)(=O)N(CCO)c2ccccc2C(=O)O)cc1. The van der Waals surface area contributed by atoms with E-state index in [-0.39, 0.29) is 22.7 Å². The Morgan fingerprint density at radius 1 is 1.12 bits per heavy atom. The summed E-state index contributed by atoms with van der Waals surface area (Å²) in [6, 6.07) is 11.5. The Hall–Kier alpha value is -2.58. The van der Waals surface area contributed by atoms with E-state index in [0.29, 0.717) is 5.75 Å². The van der Waals surface area contributed by atoms with Gasteiger partial charge < -0.3 is 14.9 Å². The summed E-state index contributed by atoms with van der Waals surface area (Å²) < 4.78 is 31.6. The lowest BCUT2D eigenvalue weighted by molar-refractivity contribution is 0.0697. The van der Waals surface area contributed by atoms with E-state index in [0.717, 1.165) is 4.31 Å². The number of aromatic carboxylic acids is 1. The van der Waals surface area contributed by atoms with E-state index < -0.39 is 22.6 Å². The molecule has 128 valence electrons. The van der Waals surface area contributed by atoms with E-state index in [4.69, 9.17) is 4.74 Å². The number of carbonyl (C=O) groups is 1. The maximum atomic E-state index is 12.9. The van der Waals surface area contributed by atoms with Crippen molar-refractivity contribution in [1.29, 1.82) is 0 Å². The zero-order valence-electron chi connectivity index (χ0n) is 12.9. The fraction of sp³-hybridized carbons (Fsp3) is 0.188. The molecule has 0 radical (unpaired) electrons. The number of ether oxygens (including phenoxy) is 1. The Kier molecular flexibility index (Phi) is 5.42. The second kappa shape index (κ2) is 7.33. The number of methoxy groups -OCH3 is 1. The van der Waals surface area contributed by atoms with Crippen LogP contribution in [-0.4, -0.2) is 44.9 Å². The third-order valence-electron chi connectivity index (χ3n) is 3.35. The van der Waals surface area contributed by atoms with Gasteiger partial charge in [0.05, 0.1) is 36.4 Å². The van der Waals surface area contributed by atoms with Crippen LogP contribution < -0.4 is 9.04 Å². The lowest BCUT2D eigenvalue weighted by Crippen LogP contribution is -2.34. The van der Waals surface area contributed by atoms with E-state index in [9.17, 15) is 23.4 Å². The van der Waals surface area contributed by atoms with Crippen molar-refractivity contribution in [2.75, 3.05) is 24.6 Å². The number of nitrogens with zero attached hydrogens (tertiary/aromatic N) is 1. The number of hydrogen-bond donors (Lipinski definition) is 2. The monoisotopic (exact) mass is 351 g/mol. The van der Waals surface area contributed by atoms with Gasteiger partial charge in [-0.25, -0.2) is 13.2 Å². The molecule has 0 aliphatic rings. The molecule has 0 aliphatic carbocycles. The Morgan fingerprint density at radius 3 is 2.29 bits per heavy atom. The first kappa shape index (κ1) is 17.8. The maximum absolute atomic E-state index is 12.9. The summed E-state index contributed by atoms with van der Waals surface area (Å²) in [5.41, 5.74) is -0.169. The second-order valence-electron chi connectivity index (χ2n) is 4.80. The molecule has 24 heavy (non-hydrogen) atoms. The smallest absolute Gasteiger partial charge is 0.337 e. The third kappa shape index (κ3) is 3.50. The molecule has 0 bridgehead atoms. The van der Waals surface area contributed by atoms with Crippen LogP contribution in [0.2, 0.25) is 0 Å². The van der Waals surface area contributed by atoms with Crippen LogP contribution in [0.3, 0.4) is 0 Å². The average Bonchev–Trinajstić information content (AvgIpc) is 2.59. The average molecular weight is 351 g/mol. The van der Waals surface area contributed by atoms with Gasteiger partial charge in [0.1, 0.15) is 5.75 Å². The van der Waals surface area contributed by atoms with Crippen LogP contribution in [0.15, 0.2) is 53.4 Å². The van der Waals surface area contributed by atoms with Crippen LogP contribution in [0, 0.1) is 0 Å². The van der Waals surface area contributed by atoms with Crippen molar-refractivity contribution in [2.24, 2.45) is 0 Å². The van der Waals surface area contributed by atoms with Crippen LogP contribution in [0.1, 0.15) is 10.4 Å². The fourth-order valence-electron chi connectivity index (χ4n) is 2.21. The zero-order valence-corrected chi connectivity index (χ0v) is 13.7. The Balaban J connectivity index is 2.55. The number of carboxylic acid groups (broad SMARTS) is 1. The number of rotatable bonds is 7. The van der Waals surface area contributed by atoms with Crippen molar-refractivity contribution >= 4 is 21.7 Å². The van der Waals surface area contributed by atoms with Crippen molar-refractivity contribution in [3.63, 3.8) is 0 Å². The van der Waals surface area contributed by atoms with Gasteiger partial charge in [0.2, 0.25) is 0 Å². The van der Waals surface area contributed by atoms with E-state index in [1.54, 1.807) is 0 Å². The molecule has 2 aromatic rings. The van der Waals surface area contributed by atoms with Crippen LogP contribution in [0.25, 0.3) is 0 Å². The van der Waals surface area contributed by atoms with E-state index in [2.05, 4.69) is 0 Å². The highest BCUT2D eigenvalue weighted by molar-refractivity contribution is 7.92. The molecule has 0 saturated carbocycles. The molecule has 2 rings (SSSR count). The summed E-state index contributed by atoms with van der Waals surface area (Å²) in [4.78, 5) is 11.3. The van der Waals surface area contributed by atoms with Gasteiger partial charge in [-0.1, -0.05) is 12.1 Å². The summed E-state index contributed by atoms with van der Waals surface area (Å²) in [6.07, 6.45) is 0. The molecular formula is C16H17NO6S. The molecule has 0 fully saturated rings. The Morgan fingerprint density at radius 2 is 1.75 bits per heavy atom. The molecular weight excluding hydrogens is 334 g/mol. The third-order valence-corrected chi connectivity index (χ3v) is 5.18. The quantitative estimate of drug-likeness (QED) is 0.785. The molecule has 8 heteroatoms. The number of carboxylic acids is 1. The summed E-state index contributed by atoms with van der Waals surface area (Å²) in [5.74, 6) is -0.757. The molecule has 0 spiro atoms. The first-order chi connectivity index (χ1) is 11.4. The van der Waals surface area contributed by atoms with Gasteiger partial charge in [-0.15, -0.1) is 0 Å². The number of benzene rings is 2. The van der Waals surface area contributed by atoms with Crippen molar-refractivity contribution in [2.45, 2.75) is 4.90 Å². The summed E-state index contributed by atoms with van der Waals surface area (Å²) in [6.45, 7) is -0.720. The van der Waals surface area contributed by atoms with Gasteiger partial charge in [-0.2, -0.15) is 0 Å². The van der Waals surface area contributed by atoms with E-state index >= 15 is 0 Å². The standard InChI is InChI=1S/C16H17NO6S/c1-23-12-6-8-13(9-7-12)24(21,22)17(10-11-18)15-5-3-2-4-14(15)16(19)20/h2-9,18H,10-11H2,1H3,(H,19,20). The highest BCUT2D eigenvalue weighted by Crippen LogP contribution is 2.27. The molecule has 0 aromatic heterocycles. The van der Waals surface area contributed by atoms with Gasteiger partial charge in [0.25, 0.3) is 10.0 Å². The summed E-state index contributed by atoms with van der Waals surface area (Å²) >= 11 is 0. The Labute approximate surface area is 139 Å². The first-order valence-electron chi connectivity index (χ1n) is 7.01. The largest absolute Gasteiger partial charge is 0.497 e. The predicted molar refractivity (Wildman–Crippen MR) is 88.0 cm³/mol. The highest BCUT2D eigenvalue weighted by Gasteiger charge is 2.27. The minimum absolute atomic E-state index is 0.00475. The fourth-order valence-corrected chi connectivity index (χ4v) is 3.68. The number of aliphatic hydroxyl groups excluding tert-OH is 1. The molecule has 0 amide bonds. The maximum Gasteiger partial charge on any atom is 0.337 e. The van der Waals surface area contributed by atoms with Crippen LogP contribution in [-0.2, 0) is 10.0 Å². The molecule has 0 saturated heterocycles. The van der Waals surface area contributed by atoms with Crippen LogP contribution in [0.5, 0.6) is 5.75 Å². The topological polar surface area (TPSA) is 104 Å². The molecule has 0 unspecified atom stereocenters. The number of para-hydroxylation sites is 1. The molecule has 0 aliphatic heterocycles. The minimum Gasteiger partial charge on any atom is -0.497 e. The van der Waals surface area contributed by atoms with Crippen molar-refractivity contribution in [3.05, 3.63) is 54.1 Å². The van der Waals surface area contributed by atoms with Crippen LogP contribution >= 0.6 is 0 Å². The van der Waals surface area contributed by atoms with Gasteiger partial charge in [0, 0.05) is 0 Å². The lowest BCUT2D eigenvalue weighted by Gasteiger charge is -2.25. The normalized spacial score (nSPS) is 11.1. The highest BCUT2D eigenvalue weighted by atomic mass is 32.2. The van der Waals surface area contributed by atoms with Crippen molar-refractivity contribution < 1.29 is 28.2 Å². The van der Waals surface area contributed by atoms with Gasteiger partial charge in [0.15, 0.2) is 0 Å². The lowest BCUT2D eigenvalue weighted by atomic mass is 10.2. The van der Waals surface area contributed by atoms with Crippen molar-refractivity contribution in [1.82, 2.24) is 0 Å². The summed E-state index contributed by atoms with van der Waals surface area (Å²) in [5, 5.41) is 18.5. The number of aliphatic hydroxyl groups is 1. The Bertz CT molecular complexity index is 817. The van der Waals surface area contributed by atoms with Gasteiger partial charge in [-0.3, -0.25) is 4.31 Å². The van der Waals surface area contributed by atoms with E-state index in [1.165, 1.54) is 55.6 Å². The minimum atomic E-state index is -4.04. The van der Waals surface area contributed by atoms with Gasteiger partial charge in [-0.05, 0) is 36.4 Å². The number of anilines is 1. The molecule has 7 nitrogen and oxygen atoms in total. The second-order valence-corrected chi connectivity index (χ2v) is 6.66. The molecule has 0 heterocycles. The first-order valence-corrected chi connectivity index (χ1v) is 8.45.